The van der Waals surface area contributed by atoms with Crippen LogP contribution in [0, 0.1) is 20.8 Å². The van der Waals surface area contributed by atoms with Crippen LogP contribution in [0.2, 0.25) is 0 Å². The highest BCUT2D eigenvalue weighted by molar-refractivity contribution is 6.05. The second-order valence-corrected chi connectivity index (χ2v) is 6.32. The number of hydrogen-bond acceptors (Lipinski definition) is 3. The maximum Gasteiger partial charge on any atom is 0.573 e. The molecule has 3 rings (SSSR count). The fourth-order valence-corrected chi connectivity index (χ4v) is 2.75. The Morgan fingerprint density at radius 3 is 2.18 bits per heavy atom. The van der Waals surface area contributed by atoms with Gasteiger partial charge in [-0.1, -0.05) is 17.7 Å². The number of ether oxygens (including phenoxy) is 1. The zero-order chi connectivity index (χ0) is 20.5. The number of hydrogen-bond donors (Lipinski definition) is 1. The number of amides is 1. The van der Waals surface area contributed by atoms with Gasteiger partial charge in [-0.05, 0) is 57.2 Å². The van der Waals surface area contributed by atoms with E-state index in [1.165, 1.54) is 12.1 Å². The number of halogens is 3. The number of aryl methyl sites for hydroxylation is 2. The molecule has 0 saturated carbocycles. The van der Waals surface area contributed by atoms with Crippen molar-refractivity contribution in [2.45, 2.75) is 27.1 Å². The summed E-state index contributed by atoms with van der Waals surface area (Å²) in [5, 5.41) is 7.25. The van der Waals surface area contributed by atoms with Gasteiger partial charge in [-0.25, -0.2) is 4.68 Å². The summed E-state index contributed by atoms with van der Waals surface area (Å²) in [5.41, 5.74) is 4.12. The number of aromatic nitrogens is 2. The number of carbonyl (C=O) groups is 1. The number of anilines is 1. The monoisotopic (exact) mass is 389 g/mol. The first-order chi connectivity index (χ1) is 13.1. The summed E-state index contributed by atoms with van der Waals surface area (Å²) in [6.07, 6.45) is -4.78. The van der Waals surface area contributed by atoms with E-state index in [0.717, 1.165) is 29.1 Å². The van der Waals surface area contributed by atoms with Gasteiger partial charge in [-0.15, -0.1) is 13.2 Å². The minimum absolute atomic E-state index is 0.205. The van der Waals surface area contributed by atoms with Crippen LogP contribution in [0.1, 0.15) is 27.3 Å². The fraction of sp³-hybridized carbons (Fsp3) is 0.200. The first kappa shape index (κ1) is 19.5. The summed E-state index contributed by atoms with van der Waals surface area (Å²) >= 11 is 0. The van der Waals surface area contributed by atoms with Crippen LogP contribution in [0.3, 0.4) is 0 Å². The van der Waals surface area contributed by atoms with Crippen molar-refractivity contribution >= 4 is 11.6 Å². The van der Waals surface area contributed by atoms with Crippen LogP contribution in [0.4, 0.5) is 18.9 Å². The zero-order valence-corrected chi connectivity index (χ0v) is 15.5. The third-order valence-corrected chi connectivity index (χ3v) is 4.16. The van der Waals surface area contributed by atoms with Crippen LogP contribution < -0.4 is 10.1 Å². The maximum absolute atomic E-state index is 12.5. The molecule has 3 aromatic rings. The maximum atomic E-state index is 12.5. The predicted octanol–water partition coefficient (Wildman–Crippen LogP) is 4.95. The van der Waals surface area contributed by atoms with E-state index in [4.69, 9.17) is 0 Å². The lowest BCUT2D eigenvalue weighted by molar-refractivity contribution is -0.274. The summed E-state index contributed by atoms with van der Waals surface area (Å²) in [5.74, 6) is -0.836. The van der Waals surface area contributed by atoms with E-state index in [-0.39, 0.29) is 11.3 Å². The molecule has 0 unspecified atom stereocenters. The third kappa shape index (κ3) is 4.33. The van der Waals surface area contributed by atoms with Crippen LogP contribution in [-0.4, -0.2) is 22.1 Å². The number of alkyl halides is 3. The molecule has 1 amide bonds. The molecule has 0 aliphatic heterocycles. The molecule has 0 spiro atoms. The topological polar surface area (TPSA) is 56.2 Å². The molecule has 146 valence electrons. The number of nitrogens with one attached hydrogen (secondary N) is 1. The molecule has 1 heterocycles. The molecule has 0 aliphatic rings. The van der Waals surface area contributed by atoms with Gasteiger partial charge in [-0.2, -0.15) is 5.10 Å². The van der Waals surface area contributed by atoms with Crippen molar-refractivity contribution in [2.24, 2.45) is 0 Å². The van der Waals surface area contributed by atoms with Gasteiger partial charge in [-0.3, -0.25) is 4.79 Å². The molecule has 8 heteroatoms. The Hall–Kier alpha value is -3.29. The average molecular weight is 389 g/mol. The van der Waals surface area contributed by atoms with Crippen LogP contribution in [-0.2, 0) is 0 Å². The van der Waals surface area contributed by atoms with Gasteiger partial charge in [0.2, 0.25) is 0 Å². The van der Waals surface area contributed by atoms with E-state index < -0.39 is 12.3 Å². The van der Waals surface area contributed by atoms with E-state index in [9.17, 15) is 18.0 Å². The highest BCUT2D eigenvalue weighted by Gasteiger charge is 2.31. The van der Waals surface area contributed by atoms with Gasteiger partial charge in [0.25, 0.3) is 5.91 Å². The fourth-order valence-electron chi connectivity index (χ4n) is 2.75. The Bertz CT molecular complexity index is 991. The molecule has 0 radical (unpaired) electrons. The van der Waals surface area contributed by atoms with E-state index in [1.807, 2.05) is 38.1 Å². The second kappa shape index (κ2) is 7.38. The zero-order valence-electron chi connectivity index (χ0n) is 15.5. The number of benzene rings is 2. The van der Waals surface area contributed by atoms with Crippen LogP contribution in [0.5, 0.6) is 5.75 Å². The van der Waals surface area contributed by atoms with Crippen molar-refractivity contribution < 1.29 is 22.7 Å². The molecule has 28 heavy (non-hydrogen) atoms. The van der Waals surface area contributed by atoms with Crippen LogP contribution in [0.15, 0.2) is 48.5 Å². The number of carbonyl (C=O) groups excluding carboxylic acids is 1. The lowest BCUT2D eigenvalue weighted by Gasteiger charge is -2.10. The first-order valence-corrected chi connectivity index (χ1v) is 8.44. The van der Waals surface area contributed by atoms with Gasteiger partial charge in [0, 0.05) is 5.56 Å². The minimum atomic E-state index is -4.78. The van der Waals surface area contributed by atoms with Gasteiger partial charge in [0.15, 0.2) is 0 Å². The number of rotatable bonds is 4. The Labute approximate surface area is 159 Å². The number of nitrogens with zero attached hydrogens (tertiary/aromatic N) is 2. The summed E-state index contributed by atoms with van der Waals surface area (Å²) in [6.45, 7) is 5.59. The highest BCUT2D eigenvalue weighted by atomic mass is 19.4. The van der Waals surface area contributed by atoms with E-state index in [1.54, 1.807) is 11.6 Å². The molecule has 0 bridgehead atoms. The smallest absolute Gasteiger partial charge is 0.406 e. The molecule has 1 N–H and O–H groups in total. The Balaban J connectivity index is 1.80. The largest absolute Gasteiger partial charge is 0.573 e. The molecule has 0 atom stereocenters. The molecule has 2 aromatic carbocycles. The van der Waals surface area contributed by atoms with Crippen molar-refractivity contribution in [2.75, 3.05) is 5.32 Å². The van der Waals surface area contributed by atoms with Crippen molar-refractivity contribution in [3.05, 3.63) is 71.0 Å². The van der Waals surface area contributed by atoms with E-state index in [0.29, 0.717) is 11.4 Å². The van der Waals surface area contributed by atoms with Crippen molar-refractivity contribution in [1.29, 1.82) is 0 Å². The Morgan fingerprint density at radius 1 is 1.00 bits per heavy atom. The summed E-state index contributed by atoms with van der Waals surface area (Å²) in [4.78, 5) is 12.5. The van der Waals surface area contributed by atoms with E-state index >= 15 is 0 Å². The highest BCUT2D eigenvalue weighted by Crippen LogP contribution is 2.25. The molecule has 0 fully saturated rings. The minimum Gasteiger partial charge on any atom is -0.406 e. The summed E-state index contributed by atoms with van der Waals surface area (Å²) in [6, 6.07) is 12.5. The normalized spacial score (nSPS) is 11.4. The molecular weight excluding hydrogens is 371 g/mol. The molecule has 1 aromatic heterocycles. The van der Waals surface area contributed by atoms with Gasteiger partial charge in [0.05, 0.1) is 22.8 Å². The molecule has 0 aliphatic carbocycles. The van der Waals surface area contributed by atoms with Crippen LogP contribution in [0.25, 0.3) is 5.69 Å². The third-order valence-electron chi connectivity index (χ3n) is 4.16. The van der Waals surface area contributed by atoms with Crippen molar-refractivity contribution in [1.82, 2.24) is 9.78 Å². The van der Waals surface area contributed by atoms with Crippen molar-refractivity contribution in [3.8, 4) is 11.4 Å². The van der Waals surface area contributed by atoms with Gasteiger partial charge in [0.1, 0.15) is 5.75 Å². The van der Waals surface area contributed by atoms with Gasteiger partial charge < -0.3 is 10.1 Å². The second-order valence-electron chi connectivity index (χ2n) is 6.32. The SMILES string of the molecule is Cc1ccc(-n2nc(C)c(NC(=O)c3ccc(OC(F)(F)F)cc3)c2C)cc1. The summed E-state index contributed by atoms with van der Waals surface area (Å²) < 4.78 is 42.2. The van der Waals surface area contributed by atoms with Gasteiger partial charge >= 0.3 is 6.36 Å². The van der Waals surface area contributed by atoms with Crippen LogP contribution >= 0.6 is 0 Å². The molecular formula is C20H18F3N3O2. The first-order valence-electron chi connectivity index (χ1n) is 8.44. The predicted molar refractivity (Wildman–Crippen MR) is 98.9 cm³/mol. The average Bonchev–Trinajstić information content (AvgIpc) is 2.90. The Kier molecular flexibility index (Phi) is 5.13. The lowest BCUT2D eigenvalue weighted by Crippen LogP contribution is -2.17. The standard InChI is InChI=1S/C20H18F3N3O2/c1-12-4-8-16(9-5-12)26-14(3)18(13(2)25-26)24-19(27)15-6-10-17(11-7-15)28-20(21,22)23/h4-11H,1-3H3,(H,24,27). The van der Waals surface area contributed by atoms with E-state index in [2.05, 4.69) is 15.2 Å². The quantitative estimate of drug-likeness (QED) is 0.687. The summed E-state index contributed by atoms with van der Waals surface area (Å²) in [7, 11) is 0. The lowest BCUT2D eigenvalue weighted by atomic mass is 10.2. The van der Waals surface area contributed by atoms with Crippen molar-refractivity contribution in [3.63, 3.8) is 0 Å². The molecule has 0 saturated heterocycles. The Morgan fingerprint density at radius 2 is 1.61 bits per heavy atom. The molecule has 5 nitrogen and oxygen atoms in total.